The molecule has 5 heteroatoms. The summed E-state index contributed by atoms with van der Waals surface area (Å²) in [4.78, 5) is 11.9. The zero-order valence-electron chi connectivity index (χ0n) is 8.87. The Bertz CT molecular complexity index is 478. The normalized spacial score (nSPS) is 21.2. The molecule has 2 aliphatic heterocycles. The van der Waals surface area contributed by atoms with E-state index in [1.54, 1.807) is 6.07 Å². The van der Waals surface area contributed by atoms with Gasteiger partial charge >= 0.3 is 0 Å². The van der Waals surface area contributed by atoms with Crippen LogP contribution in [0.4, 0.5) is 11.4 Å². The summed E-state index contributed by atoms with van der Waals surface area (Å²) in [7, 11) is 0. The van der Waals surface area contributed by atoms with E-state index in [-0.39, 0.29) is 5.91 Å². The zero-order chi connectivity index (χ0) is 11.3. The molecule has 0 aliphatic carbocycles. The molecule has 1 amide bonds. The van der Waals surface area contributed by atoms with E-state index >= 15 is 0 Å². The highest BCUT2D eigenvalue weighted by atomic mass is 16.7. The fourth-order valence-corrected chi connectivity index (χ4v) is 2.26. The van der Waals surface area contributed by atoms with Gasteiger partial charge in [-0.15, -0.1) is 0 Å². The molecule has 0 unspecified atom stereocenters. The topological polar surface area (TPSA) is 73.6 Å². The summed E-state index contributed by atoms with van der Waals surface area (Å²) in [6.45, 7) is 2.73. The van der Waals surface area contributed by atoms with E-state index in [1.165, 1.54) is 0 Å². The summed E-state index contributed by atoms with van der Waals surface area (Å²) >= 11 is 0. The average Bonchev–Trinajstić information content (AvgIpc) is 2.79. The molecule has 2 aliphatic rings. The van der Waals surface area contributed by atoms with Crippen LogP contribution in [0.25, 0.3) is 0 Å². The molecule has 3 rings (SSSR count). The predicted octanol–water partition coefficient (Wildman–Crippen LogP) is 0.729. The van der Waals surface area contributed by atoms with E-state index < -0.39 is 5.79 Å². The van der Waals surface area contributed by atoms with Gasteiger partial charge in [0.05, 0.1) is 18.9 Å². The lowest BCUT2D eigenvalue weighted by molar-refractivity contribution is -0.178. The van der Waals surface area contributed by atoms with Gasteiger partial charge in [0.25, 0.3) is 11.7 Å². The number of hydrogen-bond acceptors (Lipinski definition) is 4. The molecule has 3 N–H and O–H groups in total. The van der Waals surface area contributed by atoms with Crippen molar-refractivity contribution in [1.29, 1.82) is 0 Å². The number of anilines is 2. The van der Waals surface area contributed by atoms with Gasteiger partial charge in [-0.05, 0) is 24.6 Å². The van der Waals surface area contributed by atoms with Crippen molar-refractivity contribution in [3.8, 4) is 0 Å². The number of carbonyl (C=O) groups excluding carboxylic acids is 1. The highest BCUT2D eigenvalue weighted by Gasteiger charge is 2.52. The van der Waals surface area contributed by atoms with Gasteiger partial charge in [0.1, 0.15) is 0 Å². The number of carbonyl (C=O) groups is 1. The van der Waals surface area contributed by atoms with Gasteiger partial charge in [-0.2, -0.15) is 0 Å². The Morgan fingerprint density at radius 1 is 1.38 bits per heavy atom. The third-order valence-corrected chi connectivity index (χ3v) is 2.94. The SMILES string of the molecule is Cc1cc(N)cc2c1NC(=O)C21OCCO1. The van der Waals surface area contributed by atoms with Crippen molar-refractivity contribution in [1.82, 2.24) is 0 Å². The van der Waals surface area contributed by atoms with Crippen molar-refractivity contribution >= 4 is 17.3 Å². The molecule has 1 spiro atoms. The predicted molar refractivity (Wildman–Crippen MR) is 57.8 cm³/mol. The Labute approximate surface area is 92.5 Å². The minimum Gasteiger partial charge on any atom is -0.399 e. The molecular weight excluding hydrogens is 208 g/mol. The number of nitrogens with one attached hydrogen (secondary N) is 1. The molecule has 1 fully saturated rings. The Balaban J connectivity index is 2.24. The molecule has 16 heavy (non-hydrogen) atoms. The summed E-state index contributed by atoms with van der Waals surface area (Å²) in [5.41, 5.74) is 8.74. The summed E-state index contributed by atoms with van der Waals surface area (Å²) in [6, 6.07) is 3.54. The number of aryl methyl sites for hydroxylation is 1. The van der Waals surface area contributed by atoms with Gasteiger partial charge < -0.3 is 20.5 Å². The van der Waals surface area contributed by atoms with Crippen LogP contribution in [0, 0.1) is 6.92 Å². The molecule has 0 bridgehead atoms. The first kappa shape index (κ1) is 9.62. The van der Waals surface area contributed by atoms with Crippen LogP contribution >= 0.6 is 0 Å². The van der Waals surface area contributed by atoms with Crippen molar-refractivity contribution in [3.05, 3.63) is 23.3 Å². The van der Waals surface area contributed by atoms with Crippen LogP contribution in [0.2, 0.25) is 0 Å². The molecule has 0 saturated carbocycles. The standard InChI is InChI=1S/C11H12N2O3/c1-6-4-7(12)5-8-9(6)13-10(14)11(8)15-2-3-16-11/h4-5H,2-3,12H2,1H3,(H,13,14). The van der Waals surface area contributed by atoms with Crippen molar-refractivity contribution in [2.24, 2.45) is 0 Å². The maximum absolute atomic E-state index is 11.9. The Kier molecular flexibility index (Phi) is 1.78. The van der Waals surface area contributed by atoms with Gasteiger partial charge in [0.2, 0.25) is 0 Å². The molecule has 0 radical (unpaired) electrons. The smallest absolute Gasteiger partial charge is 0.289 e. The Hall–Kier alpha value is -1.59. The quantitative estimate of drug-likeness (QED) is 0.632. The summed E-state index contributed by atoms with van der Waals surface area (Å²) < 4.78 is 10.9. The molecule has 0 atom stereocenters. The number of benzene rings is 1. The number of nitrogen functional groups attached to an aromatic ring is 1. The first-order valence-electron chi connectivity index (χ1n) is 5.13. The average molecular weight is 220 g/mol. The van der Waals surface area contributed by atoms with Crippen LogP contribution in [0.5, 0.6) is 0 Å². The van der Waals surface area contributed by atoms with Gasteiger partial charge in [0.15, 0.2) is 0 Å². The molecule has 5 nitrogen and oxygen atoms in total. The van der Waals surface area contributed by atoms with Crippen LogP contribution in [0.3, 0.4) is 0 Å². The van der Waals surface area contributed by atoms with E-state index in [9.17, 15) is 4.79 Å². The third-order valence-electron chi connectivity index (χ3n) is 2.94. The van der Waals surface area contributed by atoms with Gasteiger partial charge in [-0.25, -0.2) is 0 Å². The fraction of sp³-hybridized carbons (Fsp3) is 0.364. The second-order valence-electron chi connectivity index (χ2n) is 4.03. The van der Waals surface area contributed by atoms with E-state index in [0.29, 0.717) is 24.5 Å². The lowest BCUT2D eigenvalue weighted by Gasteiger charge is -2.19. The monoisotopic (exact) mass is 220 g/mol. The highest BCUT2D eigenvalue weighted by molar-refractivity contribution is 6.05. The van der Waals surface area contributed by atoms with Gasteiger partial charge in [-0.1, -0.05) is 0 Å². The molecule has 84 valence electrons. The van der Waals surface area contributed by atoms with Crippen LogP contribution in [-0.2, 0) is 20.1 Å². The van der Waals surface area contributed by atoms with Crippen LogP contribution in [0.1, 0.15) is 11.1 Å². The second kappa shape index (κ2) is 2.96. The second-order valence-corrected chi connectivity index (χ2v) is 4.03. The van der Waals surface area contributed by atoms with E-state index in [0.717, 1.165) is 11.3 Å². The third kappa shape index (κ3) is 1.04. The highest BCUT2D eigenvalue weighted by Crippen LogP contribution is 2.44. The zero-order valence-corrected chi connectivity index (χ0v) is 8.87. The lowest BCUT2D eigenvalue weighted by atomic mass is 10.0. The molecule has 0 aromatic heterocycles. The van der Waals surface area contributed by atoms with Crippen molar-refractivity contribution in [2.45, 2.75) is 12.7 Å². The lowest BCUT2D eigenvalue weighted by Crippen LogP contribution is -2.35. The molecule has 1 aromatic carbocycles. The summed E-state index contributed by atoms with van der Waals surface area (Å²) in [5.74, 6) is -1.54. The number of fused-ring (bicyclic) bond motifs is 2. The minimum atomic E-state index is -1.27. The number of nitrogens with two attached hydrogens (primary N) is 1. The van der Waals surface area contributed by atoms with Crippen LogP contribution in [0.15, 0.2) is 12.1 Å². The maximum Gasteiger partial charge on any atom is 0.289 e. The van der Waals surface area contributed by atoms with E-state index in [2.05, 4.69) is 5.32 Å². The molecule has 1 saturated heterocycles. The number of hydrogen-bond donors (Lipinski definition) is 2. The van der Waals surface area contributed by atoms with E-state index in [1.807, 2.05) is 13.0 Å². The van der Waals surface area contributed by atoms with Crippen LogP contribution in [-0.4, -0.2) is 19.1 Å². The first-order valence-corrected chi connectivity index (χ1v) is 5.13. The number of ether oxygens (including phenoxy) is 2. The van der Waals surface area contributed by atoms with Crippen LogP contribution < -0.4 is 11.1 Å². The first-order chi connectivity index (χ1) is 7.63. The number of rotatable bonds is 0. The summed E-state index contributed by atoms with van der Waals surface area (Å²) in [6.07, 6.45) is 0. The Morgan fingerprint density at radius 2 is 2.06 bits per heavy atom. The van der Waals surface area contributed by atoms with Gasteiger partial charge in [-0.3, -0.25) is 4.79 Å². The van der Waals surface area contributed by atoms with E-state index in [4.69, 9.17) is 15.2 Å². The molecular formula is C11H12N2O3. The van der Waals surface area contributed by atoms with Crippen molar-refractivity contribution in [2.75, 3.05) is 24.3 Å². The molecule has 1 aromatic rings. The fourth-order valence-electron chi connectivity index (χ4n) is 2.26. The van der Waals surface area contributed by atoms with Gasteiger partial charge in [0, 0.05) is 11.3 Å². The number of amides is 1. The maximum atomic E-state index is 11.9. The van der Waals surface area contributed by atoms with Crippen molar-refractivity contribution < 1.29 is 14.3 Å². The van der Waals surface area contributed by atoms with Crippen molar-refractivity contribution in [3.63, 3.8) is 0 Å². The Morgan fingerprint density at radius 3 is 2.75 bits per heavy atom. The summed E-state index contributed by atoms with van der Waals surface area (Å²) in [5, 5.41) is 2.78. The minimum absolute atomic E-state index is 0.270. The molecule has 2 heterocycles. The largest absolute Gasteiger partial charge is 0.399 e.